The standard InChI is InChI=1S/C22H20F3N5O3S/c1-34(32,33)16-4-2-3-13(9-16)11-26-20-17(22(23,24)25)12-27-21(30-20)28-15-7-5-14-6-8-19(31)29-18(14)10-15/h2-5,7,9-10,12H,6,8,11H2,1H3,(H,29,31)(H2,26,27,28,30). The summed E-state index contributed by atoms with van der Waals surface area (Å²) in [4.78, 5) is 19.5. The van der Waals surface area contributed by atoms with Gasteiger partial charge < -0.3 is 16.0 Å². The molecular weight excluding hydrogens is 471 g/mol. The highest BCUT2D eigenvalue weighted by Gasteiger charge is 2.35. The minimum absolute atomic E-state index is 0.0624. The Morgan fingerprint density at radius 1 is 1.12 bits per heavy atom. The number of carbonyl (C=O) groups excluding carboxylic acids is 1. The van der Waals surface area contributed by atoms with Crippen LogP contribution in [0.5, 0.6) is 0 Å². The number of anilines is 4. The fraction of sp³-hybridized carbons (Fsp3) is 0.227. The van der Waals surface area contributed by atoms with Gasteiger partial charge in [0, 0.05) is 36.8 Å². The fourth-order valence-electron chi connectivity index (χ4n) is 3.43. The average molecular weight is 491 g/mol. The molecule has 0 aliphatic carbocycles. The maximum atomic E-state index is 13.5. The topological polar surface area (TPSA) is 113 Å². The van der Waals surface area contributed by atoms with Crippen LogP contribution in [0, 0.1) is 0 Å². The molecule has 2 aromatic carbocycles. The van der Waals surface area contributed by atoms with E-state index in [1.165, 1.54) is 18.2 Å². The molecule has 4 rings (SSSR count). The van der Waals surface area contributed by atoms with Crippen LogP contribution in [0.2, 0.25) is 0 Å². The van der Waals surface area contributed by atoms with E-state index in [0.29, 0.717) is 36.0 Å². The van der Waals surface area contributed by atoms with Crippen molar-refractivity contribution in [3.8, 4) is 0 Å². The lowest BCUT2D eigenvalue weighted by molar-refractivity contribution is -0.137. The molecule has 0 saturated carbocycles. The van der Waals surface area contributed by atoms with Gasteiger partial charge in [0.15, 0.2) is 9.84 Å². The van der Waals surface area contributed by atoms with Gasteiger partial charge in [0.1, 0.15) is 11.4 Å². The number of alkyl halides is 3. The molecule has 0 atom stereocenters. The van der Waals surface area contributed by atoms with Crippen LogP contribution in [0.1, 0.15) is 23.1 Å². The van der Waals surface area contributed by atoms with Gasteiger partial charge in [0.05, 0.1) is 4.90 Å². The van der Waals surface area contributed by atoms with Crippen molar-refractivity contribution in [1.82, 2.24) is 9.97 Å². The third-order valence-corrected chi connectivity index (χ3v) is 6.25. The van der Waals surface area contributed by atoms with Gasteiger partial charge in [-0.2, -0.15) is 18.2 Å². The number of halogens is 3. The zero-order valence-electron chi connectivity index (χ0n) is 17.9. The molecule has 34 heavy (non-hydrogen) atoms. The lowest BCUT2D eigenvalue weighted by Crippen LogP contribution is -2.19. The van der Waals surface area contributed by atoms with E-state index in [2.05, 4.69) is 25.9 Å². The van der Waals surface area contributed by atoms with Gasteiger partial charge in [-0.25, -0.2) is 13.4 Å². The predicted molar refractivity (Wildman–Crippen MR) is 121 cm³/mol. The van der Waals surface area contributed by atoms with Gasteiger partial charge in [-0.1, -0.05) is 18.2 Å². The normalized spacial score (nSPS) is 13.7. The quantitative estimate of drug-likeness (QED) is 0.475. The van der Waals surface area contributed by atoms with Crippen molar-refractivity contribution >= 4 is 38.9 Å². The molecule has 0 fully saturated rings. The second-order valence-corrected chi connectivity index (χ2v) is 9.79. The summed E-state index contributed by atoms with van der Waals surface area (Å²) in [5.41, 5.74) is 1.48. The van der Waals surface area contributed by atoms with Gasteiger partial charge >= 0.3 is 6.18 Å². The first kappa shape index (κ1) is 23.5. The van der Waals surface area contributed by atoms with Gasteiger partial charge in [-0.05, 0) is 41.8 Å². The summed E-state index contributed by atoms with van der Waals surface area (Å²) in [7, 11) is -3.46. The highest BCUT2D eigenvalue weighted by atomic mass is 32.2. The van der Waals surface area contributed by atoms with E-state index in [9.17, 15) is 26.4 Å². The number of amides is 1. The Hall–Kier alpha value is -3.67. The van der Waals surface area contributed by atoms with Crippen molar-refractivity contribution in [2.24, 2.45) is 0 Å². The van der Waals surface area contributed by atoms with E-state index < -0.39 is 27.4 Å². The Labute approximate surface area is 193 Å². The molecule has 3 aromatic rings. The largest absolute Gasteiger partial charge is 0.421 e. The molecule has 3 N–H and O–H groups in total. The molecule has 1 amide bonds. The van der Waals surface area contributed by atoms with E-state index in [0.717, 1.165) is 11.8 Å². The Morgan fingerprint density at radius 2 is 1.91 bits per heavy atom. The summed E-state index contributed by atoms with van der Waals surface area (Å²) in [6.07, 6.45) is -1.98. The molecule has 1 aliphatic rings. The SMILES string of the molecule is CS(=O)(=O)c1cccc(CNc2nc(Nc3ccc4c(c3)NC(=O)CC4)ncc2C(F)(F)F)c1. The number of benzene rings is 2. The zero-order chi connectivity index (χ0) is 24.5. The maximum absolute atomic E-state index is 13.5. The van der Waals surface area contributed by atoms with E-state index in [1.54, 1.807) is 18.2 Å². The molecule has 8 nitrogen and oxygen atoms in total. The van der Waals surface area contributed by atoms with Crippen LogP contribution in [0.4, 0.5) is 36.3 Å². The van der Waals surface area contributed by atoms with Crippen molar-refractivity contribution in [3.05, 3.63) is 65.4 Å². The third kappa shape index (κ3) is 5.45. The lowest BCUT2D eigenvalue weighted by Gasteiger charge is -2.18. The minimum atomic E-state index is -4.70. The van der Waals surface area contributed by atoms with Gasteiger partial charge in [-0.15, -0.1) is 0 Å². The first-order valence-electron chi connectivity index (χ1n) is 10.2. The second-order valence-electron chi connectivity index (χ2n) is 7.77. The maximum Gasteiger partial charge on any atom is 0.421 e. The molecule has 1 aliphatic heterocycles. The smallest absolute Gasteiger partial charge is 0.365 e. The fourth-order valence-corrected chi connectivity index (χ4v) is 4.13. The van der Waals surface area contributed by atoms with Gasteiger partial charge in [-0.3, -0.25) is 4.79 Å². The summed E-state index contributed by atoms with van der Waals surface area (Å²) < 4.78 is 64.1. The van der Waals surface area contributed by atoms with Gasteiger partial charge in [0.25, 0.3) is 0 Å². The summed E-state index contributed by atoms with van der Waals surface area (Å²) in [5.74, 6) is -0.648. The first-order valence-corrected chi connectivity index (χ1v) is 12.0. The summed E-state index contributed by atoms with van der Waals surface area (Å²) >= 11 is 0. The van der Waals surface area contributed by atoms with Crippen LogP contribution in [0.3, 0.4) is 0 Å². The van der Waals surface area contributed by atoms with Crippen molar-refractivity contribution < 1.29 is 26.4 Å². The number of fused-ring (bicyclic) bond motifs is 1. The monoisotopic (exact) mass is 491 g/mol. The molecule has 178 valence electrons. The zero-order valence-corrected chi connectivity index (χ0v) is 18.7. The predicted octanol–water partition coefficient (Wildman–Crippen LogP) is 4.14. The third-order valence-electron chi connectivity index (χ3n) is 5.14. The number of hydrogen-bond acceptors (Lipinski definition) is 7. The molecule has 1 aromatic heterocycles. The highest BCUT2D eigenvalue weighted by molar-refractivity contribution is 7.90. The summed E-state index contributed by atoms with van der Waals surface area (Å²) in [5, 5.41) is 8.25. The van der Waals surface area contributed by atoms with Crippen LogP contribution in [-0.4, -0.2) is 30.5 Å². The average Bonchev–Trinajstić information content (AvgIpc) is 2.76. The molecule has 12 heteroatoms. The van der Waals surface area contributed by atoms with Crippen LogP contribution >= 0.6 is 0 Å². The number of nitrogens with zero attached hydrogens (tertiary/aromatic N) is 2. The Balaban J connectivity index is 1.58. The number of rotatable bonds is 6. The molecule has 0 saturated heterocycles. The van der Waals surface area contributed by atoms with E-state index in [1.807, 2.05) is 6.07 Å². The van der Waals surface area contributed by atoms with Crippen LogP contribution in [-0.2, 0) is 33.8 Å². The molecular formula is C22H20F3N5O3S. The molecule has 0 radical (unpaired) electrons. The number of nitrogens with one attached hydrogen (secondary N) is 3. The molecule has 0 bridgehead atoms. The highest BCUT2D eigenvalue weighted by Crippen LogP contribution is 2.35. The number of aromatic nitrogens is 2. The first-order chi connectivity index (χ1) is 16.0. The summed E-state index contributed by atoms with van der Waals surface area (Å²) in [6, 6.07) is 11.1. The second kappa shape index (κ2) is 8.93. The molecule has 0 spiro atoms. The van der Waals surface area contributed by atoms with Crippen molar-refractivity contribution in [1.29, 1.82) is 0 Å². The Kier molecular flexibility index (Phi) is 6.17. The lowest BCUT2D eigenvalue weighted by atomic mass is 10.0. The van der Waals surface area contributed by atoms with E-state index in [-0.39, 0.29) is 23.3 Å². The van der Waals surface area contributed by atoms with Crippen molar-refractivity contribution in [2.75, 3.05) is 22.2 Å². The Bertz CT molecular complexity index is 1360. The summed E-state index contributed by atoms with van der Waals surface area (Å²) in [6.45, 7) is -0.0895. The molecule has 0 unspecified atom stereocenters. The van der Waals surface area contributed by atoms with Crippen LogP contribution in [0.15, 0.2) is 53.6 Å². The number of hydrogen-bond donors (Lipinski definition) is 3. The minimum Gasteiger partial charge on any atom is -0.365 e. The van der Waals surface area contributed by atoms with Gasteiger partial charge in [0.2, 0.25) is 11.9 Å². The van der Waals surface area contributed by atoms with E-state index >= 15 is 0 Å². The van der Waals surface area contributed by atoms with Crippen LogP contribution in [0.25, 0.3) is 0 Å². The number of aryl methyl sites for hydroxylation is 1. The molecule has 2 heterocycles. The Morgan fingerprint density at radius 3 is 2.65 bits per heavy atom. The van der Waals surface area contributed by atoms with Crippen molar-refractivity contribution in [2.45, 2.75) is 30.5 Å². The van der Waals surface area contributed by atoms with Crippen molar-refractivity contribution in [3.63, 3.8) is 0 Å². The number of carbonyl (C=O) groups is 1. The van der Waals surface area contributed by atoms with Crippen LogP contribution < -0.4 is 16.0 Å². The number of sulfone groups is 1. The van der Waals surface area contributed by atoms with E-state index in [4.69, 9.17) is 0 Å².